The van der Waals surface area contributed by atoms with Crippen LogP contribution in [0.25, 0.3) is 0 Å². The minimum atomic E-state index is -3.86. The highest BCUT2D eigenvalue weighted by Gasteiger charge is 2.17. The van der Waals surface area contributed by atoms with E-state index in [9.17, 15) is 17.6 Å². The lowest BCUT2D eigenvalue weighted by Gasteiger charge is -2.13. The van der Waals surface area contributed by atoms with E-state index in [1.807, 2.05) is 13.0 Å². The largest absolute Gasteiger partial charge is 0.495 e. The molecule has 0 saturated heterocycles. The number of rotatable bonds is 9. The molecule has 0 heterocycles. The standard InChI is InChI=1S/C23H22ClFN2O4S2/c1-15-6-11-22(31-2)21(12-15)27-33(29,30)17-9-7-16(8-10-17)26-23(28)14-32-13-18-19(24)4-3-5-20(18)25/h3-12,27H,13-14H2,1-2H3,(H,26,28). The Kier molecular flexibility index (Phi) is 8.23. The van der Waals surface area contributed by atoms with Crippen molar-refractivity contribution in [3.63, 3.8) is 0 Å². The Bertz CT molecular complexity index is 1230. The van der Waals surface area contributed by atoms with E-state index in [0.29, 0.717) is 27.7 Å². The monoisotopic (exact) mass is 508 g/mol. The molecule has 3 aromatic rings. The van der Waals surface area contributed by atoms with Crippen molar-refractivity contribution in [3.05, 3.63) is 82.6 Å². The van der Waals surface area contributed by atoms with Gasteiger partial charge in [-0.15, -0.1) is 11.8 Å². The van der Waals surface area contributed by atoms with Gasteiger partial charge in [-0.05, 0) is 61.0 Å². The molecule has 0 bridgehead atoms. The van der Waals surface area contributed by atoms with Crippen molar-refractivity contribution >= 4 is 50.7 Å². The summed E-state index contributed by atoms with van der Waals surface area (Å²) >= 11 is 7.21. The van der Waals surface area contributed by atoms with Crippen LogP contribution >= 0.6 is 23.4 Å². The minimum absolute atomic E-state index is 0.0348. The first-order valence-electron chi connectivity index (χ1n) is 9.77. The Labute approximate surface area is 201 Å². The van der Waals surface area contributed by atoms with Gasteiger partial charge in [-0.25, -0.2) is 12.8 Å². The van der Waals surface area contributed by atoms with Gasteiger partial charge in [-0.3, -0.25) is 9.52 Å². The fourth-order valence-corrected chi connectivity index (χ4v) is 5.16. The third kappa shape index (κ3) is 6.63. The van der Waals surface area contributed by atoms with E-state index in [4.69, 9.17) is 16.3 Å². The Morgan fingerprint density at radius 1 is 1.12 bits per heavy atom. The molecule has 0 aromatic heterocycles. The predicted octanol–water partition coefficient (Wildman–Crippen LogP) is 5.47. The Morgan fingerprint density at radius 3 is 2.52 bits per heavy atom. The molecule has 33 heavy (non-hydrogen) atoms. The molecular weight excluding hydrogens is 487 g/mol. The van der Waals surface area contributed by atoms with Crippen molar-refractivity contribution in [1.82, 2.24) is 0 Å². The lowest BCUT2D eigenvalue weighted by Crippen LogP contribution is -2.15. The zero-order chi connectivity index (χ0) is 24.0. The van der Waals surface area contributed by atoms with E-state index >= 15 is 0 Å². The number of methoxy groups -OCH3 is 1. The summed E-state index contributed by atoms with van der Waals surface area (Å²) < 4.78 is 47.0. The van der Waals surface area contributed by atoms with Gasteiger partial charge in [0.1, 0.15) is 11.6 Å². The minimum Gasteiger partial charge on any atom is -0.495 e. The quantitative estimate of drug-likeness (QED) is 0.400. The number of sulfonamides is 1. The highest BCUT2D eigenvalue weighted by atomic mass is 35.5. The van der Waals surface area contributed by atoms with E-state index in [1.54, 1.807) is 18.2 Å². The summed E-state index contributed by atoms with van der Waals surface area (Å²) in [5.41, 5.74) is 2.00. The van der Waals surface area contributed by atoms with Gasteiger partial charge in [0, 0.05) is 22.0 Å². The third-order valence-corrected chi connectivity index (χ3v) is 7.28. The Balaban J connectivity index is 1.59. The number of anilines is 2. The molecule has 10 heteroatoms. The SMILES string of the molecule is COc1ccc(C)cc1NS(=O)(=O)c1ccc(NC(=O)CSCc2c(F)cccc2Cl)cc1. The van der Waals surface area contributed by atoms with Gasteiger partial charge in [-0.1, -0.05) is 23.7 Å². The second-order valence-electron chi connectivity index (χ2n) is 7.07. The fraction of sp³-hybridized carbons (Fsp3) is 0.174. The van der Waals surface area contributed by atoms with Crippen LogP contribution in [0.2, 0.25) is 5.02 Å². The maximum atomic E-state index is 13.8. The number of hydrogen-bond acceptors (Lipinski definition) is 5. The summed E-state index contributed by atoms with van der Waals surface area (Å²) in [6.45, 7) is 1.85. The molecule has 3 aromatic carbocycles. The van der Waals surface area contributed by atoms with Gasteiger partial charge in [0.05, 0.1) is 23.4 Å². The number of carbonyl (C=O) groups excluding carboxylic acids is 1. The van der Waals surface area contributed by atoms with Crippen molar-refractivity contribution < 1.29 is 22.3 Å². The molecule has 0 aliphatic heterocycles. The number of aryl methyl sites for hydroxylation is 1. The van der Waals surface area contributed by atoms with Crippen LogP contribution < -0.4 is 14.8 Å². The summed E-state index contributed by atoms with van der Waals surface area (Å²) in [4.78, 5) is 12.2. The number of hydrogen-bond donors (Lipinski definition) is 2. The molecule has 0 atom stereocenters. The van der Waals surface area contributed by atoms with Crippen molar-refractivity contribution in [2.75, 3.05) is 22.9 Å². The maximum Gasteiger partial charge on any atom is 0.262 e. The normalized spacial score (nSPS) is 11.2. The summed E-state index contributed by atoms with van der Waals surface area (Å²) in [5.74, 6) is 0.0286. The van der Waals surface area contributed by atoms with Crippen LogP contribution in [0.3, 0.4) is 0 Å². The second-order valence-corrected chi connectivity index (χ2v) is 10.2. The van der Waals surface area contributed by atoms with E-state index in [1.165, 1.54) is 55.3 Å². The fourth-order valence-electron chi connectivity index (χ4n) is 2.94. The van der Waals surface area contributed by atoms with Gasteiger partial charge in [0.15, 0.2) is 0 Å². The molecule has 3 rings (SSSR count). The number of nitrogens with one attached hydrogen (secondary N) is 2. The van der Waals surface area contributed by atoms with Crippen molar-refractivity contribution in [2.45, 2.75) is 17.6 Å². The lowest BCUT2D eigenvalue weighted by molar-refractivity contribution is -0.113. The summed E-state index contributed by atoms with van der Waals surface area (Å²) in [7, 11) is -2.39. The molecule has 174 valence electrons. The number of amides is 1. The van der Waals surface area contributed by atoms with Crippen LogP contribution in [0, 0.1) is 12.7 Å². The number of benzene rings is 3. The van der Waals surface area contributed by atoms with Crippen molar-refractivity contribution in [3.8, 4) is 5.75 Å². The van der Waals surface area contributed by atoms with Crippen molar-refractivity contribution in [1.29, 1.82) is 0 Å². The van der Waals surface area contributed by atoms with Crippen LogP contribution in [0.5, 0.6) is 5.75 Å². The van der Waals surface area contributed by atoms with Crippen LogP contribution in [0.1, 0.15) is 11.1 Å². The van der Waals surface area contributed by atoms with Crippen LogP contribution in [-0.2, 0) is 20.6 Å². The van der Waals surface area contributed by atoms with Crippen LogP contribution in [0.15, 0.2) is 65.6 Å². The van der Waals surface area contributed by atoms with Crippen LogP contribution in [-0.4, -0.2) is 27.2 Å². The zero-order valence-electron chi connectivity index (χ0n) is 17.9. The molecule has 0 saturated carbocycles. The van der Waals surface area contributed by atoms with E-state index in [0.717, 1.165) is 5.56 Å². The van der Waals surface area contributed by atoms with Gasteiger partial charge >= 0.3 is 0 Å². The molecule has 1 amide bonds. The second kappa shape index (κ2) is 10.9. The Hall–Kier alpha value is -2.75. The van der Waals surface area contributed by atoms with Gasteiger partial charge < -0.3 is 10.1 Å². The molecule has 0 aliphatic carbocycles. The number of thioether (sulfide) groups is 1. The highest BCUT2D eigenvalue weighted by molar-refractivity contribution is 7.99. The first-order chi connectivity index (χ1) is 15.7. The molecule has 0 aliphatic rings. The van der Waals surface area contributed by atoms with E-state index in [-0.39, 0.29) is 22.3 Å². The van der Waals surface area contributed by atoms with Gasteiger partial charge in [0.2, 0.25) is 5.91 Å². The number of carbonyl (C=O) groups is 1. The molecule has 0 radical (unpaired) electrons. The molecule has 0 unspecified atom stereocenters. The zero-order valence-corrected chi connectivity index (χ0v) is 20.3. The smallest absolute Gasteiger partial charge is 0.262 e. The average Bonchev–Trinajstić information content (AvgIpc) is 2.76. The first-order valence-corrected chi connectivity index (χ1v) is 12.8. The molecule has 0 fully saturated rings. The predicted molar refractivity (Wildman–Crippen MR) is 131 cm³/mol. The van der Waals surface area contributed by atoms with Gasteiger partial charge in [0.25, 0.3) is 10.0 Å². The summed E-state index contributed by atoms with van der Waals surface area (Å²) in [5, 5.41) is 3.01. The highest BCUT2D eigenvalue weighted by Crippen LogP contribution is 2.28. The third-order valence-electron chi connectivity index (χ3n) is 4.59. The number of halogens is 2. The van der Waals surface area contributed by atoms with Gasteiger partial charge in [-0.2, -0.15) is 0 Å². The summed E-state index contributed by atoms with van der Waals surface area (Å²) in [6, 6.07) is 15.4. The Morgan fingerprint density at radius 2 is 1.85 bits per heavy atom. The number of ether oxygens (including phenoxy) is 1. The lowest BCUT2D eigenvalue weighted by atomic mass is 10.2. The maximum absolute atomic E-state index is 13.8. The molecule has 6 nitrogen and oxygen atoms in total. The molecule has 0 spiro atoms. The molecular formula is C23H22ClFN2O4S2. The first kappa shape index (κ1) is 24.9. The molecule has 2 N–H and O–H groups in total. The average molecular weight is 509 g/mol. The van der Waals surface area contributed by atoms with E-state index in [2.05, 4.69) is 10.0 Å². The topological polar surface area (TPSA) is 84.5 Å². The van der Waals surface area contributed by atoms with Crippen molar-refractivity contribution in [2.24, 2.45) is 0 Å². The van der Waals surface area contributed by atoms with Crippen LogP contribution in [0.4, 0.5) is 15.8 Å². The summed E-state index contributed by atoms with van der Waals surface area (Å²) in [6.07, 6.45) is 0. The van der Waals surface area contributed by atoms with E-state index < -0.39 is 15.8 Å².